The highest BCUT2D eigenvalue weighted by atomic mass is 16.5. The number of carboxylic acid groups (broad SMARTS) is 1. The van der Waals surface area contributed by atoms with Gasteiger partial charge in [0.1, 0.15) is 11.6 Å². The third kappa shape index (κ3) is 2.97. The molecule has 1 aliphatic heterocycles. The number of carbonyl (C=O) groups is 2. The number of aliphatic carboxylic acids is 1. The number of nitrogens with zero attached hydrogens (tertiary/aromatic N) is 1. The van der Waals surface area contributed by atoms with Crippen LogP contribution in [0.1, 0.15) is 40.0 Å². The maximum atomic E-state index is 12.2. The summed E-state index contributed by atoms with van der Waals surface area (Å²) in [7, 11) is 0. The van der Waals surface area contributed by atoms with E-state index in [0.717, 1.165) is 12.8 Å². The molecule has 17 heavy (non-hydrogen) atoms. The zero-order chi connectivity index (χ0) is 13.1. The number of hydrogen-bond acceptors (Lipinski definition) is 3. The van der Waals surface area contributed by atoms with Gasteiger partial charge in [-0.3, -0.25) is 4.79 Å². The lowest BCUT2D eigenvalue weighted by Gasteiger charge is -2.37. The van der Waals surface area contributed by atoms with E-state index >= 15 is 0 Å². The summed E-state index contributed by atoms with van der Waals surface area (Å²) in [4.78, 5) is 24.8. The third-order valence-corrected chi connectivity index (χ3v) is 3.24. The normalized spacial score (nSPS) is 21.0. The topological polar surface area (TPSA) is 66.8 Å². The van der Waals surface area contributed by atoms with Gasteiger partial charge < -0.3 is 14.7 Å². The average Bonchev–Trinajstić information content (AvgIpc) is 2.30. The molecule has 98 valence electrons. The predicted molar refractivity (Wildman–Crippen MR) is 62.7 cm³/mol. The van der Waals surface area contributed by atoms with Crippen molar-refractivity contribution in [2.24, 2.45) is 0 Å². The van der Waals surface area contributed by atoms with Crippen LogP contribution in [0.4, 0.5) is 0 Å². The Balaban J connectivity index is 2.79. The fourth-order valence-electron chi connectivity index (χ4n) is 2.05. The lowest BCUT2D eigenvalue weighted by molar-refractivity contribution is -0.163. The van der Waals surface area contributed by atoms with E-state index in [1.54, 1.807) is 20.8 Å². The molecule has 1 saturated heterocycles. The third-order valence-electron chi connectivity index (χ3n) is 3.24. The van der Waals surface area contributed by atoms with Crippen LogP contribution in [0.3, 0.4) is 0 Å². The summed E-state index contributed by atoms with van der Waals surface area (Å²) in [6.45, 7) is 5.82. The van der Waals surface area contributed by atoms with E-state index in [1.807, 2.05) is 0 Å². The molecule has 0 aromatic carbocycles. The quantitative estimate of drug-likeness (QED) is 0.807. The van der Waals surface area contributed by atoms with Crippen molar-refractivity contribution in [3.8, 4) is 0 Å². The van der Waals surface area contributed by atoms with Crippen LogP contribution in [0.25, 0.3) is 0 Å². The smallest absolute Gasteiger partial charge is 0.329 e. The predicted octanol–water partition coefficient (Wildman–Crippen LogP) is 1.27. The maximum Gasteiger partial charge on any atom is 0.329 e. The van der Waals surface area contributed by atoms with Gasteiger partial charge in [-0.25, -0.2) is 4.79 Å². The second-order valence-corrected chi connectivity index (χ2v) is 4.80. The minimum Gasteiger partial charge on any atom is -0.480 e. The van der Waals surface area contributed by atoms with Crippen molar-refractivity contribution < 1.29 is 19.4 Å². The lowest BCUT2D eigenvalue weighted by atomic mass is 10.00. The Bertz CT molecular complexity index is 295. The molecule has 0 spiro atoms. The van der Waals surface area contributed by atoms with Gasteiger partial charge in [0.25, 0.3) is 5.91 Å². The Kier molecular flexibility index (Phi) is 4.51. The first-order chi connectivity index (χ1) is 7.91. The first kappa shape index (κ1) is 14.0. The highest BCUT2D eigenvalue weighted by Gasteiger charge is 2.39. The number of ether oxygens (including phenoxy) is 1. The van der Waals surface area contributed by atoms with E-state index in [2.05, 4.69) is 0 Å². The molecule has 1 atom stereocenters. The lowest BCUT2D eigenvalue weighted by Crippen LogP contribution is -2.56. The summed E-state index contributed by atoms with van der Waals surface area (Å²) < 4.78 is 5.41. The van der Waals surface area contributed by atoms with E-state index in [0.29, 0.717) is 19.6 Å². The molecule has 0 radical (unpaired) electrons. The minimum atomic E-state index is -1.19. The van der Waals surface area contributed by atoms with Crippen LogP contribution in [0.15, 0.2) is 0 Å². The SMILES string of the molecule is CCN(C(=O)C1CCCCO1)C(C)(C)C(=O)O. The molecular weight excluding hydrogens is 222 g/mol. The highest BCUT2D eigenvalue weighted by Crippen LogP contribution is 2.21. The Labute approximate surface area is 102 Å². The van der Waals surface area contributed by atoms with Crippen LogP contribution in [0.5, 0.6) is 0 Å². The molecule has 1 heterocycles. The monoisotopic (exact) mass is 243 g/mol. The van der Waals surface area contributed by atoms with Gasteiger partial charge in [0.15, 0.2) is 0 Å². The van der Waals surface area contributed by atoms with Gasteiger partial charge in [0, 0.05) is 13.2 Å². The van der Waals surface area contributed by atoms with Gasteiger partial charge >= 0.3 is 5.97 Å². The summed E-state index contributed by atoms with van der Waals surface area (Å²) >= 11 is 0. The van der Waals surface area contributed by atoms with Crippen LogP contribution in [-0.2, 0) is 14.3 Å². The summed E-state index contributed by atoms with van der Waals surface area (Å²) in [5, 5.41) is 9.16. The summed E-state index contributed by atoms with van der Waals surface area (Å²) in [6, 6.07) is 0. The molecule has 0 aromatic rings. The standard InChI is InChI=1S/C12H21NO4/c1-4-13(12(2,3)11(15)16)10(14)9-7-5-6-8-17-9/h9H,4-8H2,1-3H3,(H,15,16). The van der Waals surface area contributed by atoms with Crippen molar-refractivity contribution in [1.29, 1.82) is 0 Å². The Morgan fingerprint density at radius 1 is 1.41 bits per heavy atom. The summed E-state index contributed by atoms with van der Waals surface area (Å²) in [5.41, 5.74) is -1.19. The number of likely N-dealkylation sites (N-methyl/N-ethyl adjacent to an activating group) is 1. The Morgan fingerprint density at radius 2 is 2.06 bits per heavy atom. The molecule has 1 fully saturated rings. The van der Waals surface area contributed by atoms with Gasteiger partial charge in [-0.1, -0.05) is 0 Å². The van der Waals surface area contributed by atoms with Crippen molar-refractivity contribution in [2.75, 3.05) is 13.2 Å². The van der Waals surface area contributed by atoms with Crippen molar-refractivity contribution in [1.82, 2.24) is 4.90 Å². The van der Waals surface area contributed by atoms with Gasteiger partial charge in [0.2, 0.25) is 0 Å². The van der Waals surface area contributed by atoms with Crippen LogP contribution >= 0.6 is 0 Å². The van der Waals surface area contributed by atoms with Gasteiger partial charge in [-0.05, 0) is 40.0 Å². The molecule has 0 aliphatic carbocycles. The van der Waals surface area contributed by atoms with E-state index in [-0.39, 0.29) is 5.91 Å². The molecule has 0 saturated carbocycles. The first-order valence-corrected chi connectivity index (χ1v) is 6.07. The van der Waals surface area contributed by atoms with Gasteiger partial charge in [0.05, 0.1) is 0 Å². The molecule has 0 aromatic heterocycles. The average molecular weight is 243 g/mol. The summed E-state index contributed by atoms with van der Waals surface area (Å²) in [5.74, 6) is -1.21. The van der Waals surface area contributed by atoms with Crippen LogP contribution < -0.4 is 0 Å². The molecule has 1 amide bonds. The molecular formula is C12H21NO4. The molecule has 5 nitrogen and oxygen atoms in total. The van der Waals surface area contributed by atoms with Crippen molar-refractivity contribution >= 4 is 11.9 Å². The molecule has 1 aliphatic rings. The fourth-order valence-corrected chi connectivity index (χ4v) is 2.05. The number of hydrogen-bond donors (Lipinski definition) is 1. The van der Waals surface area contributed by atoms with Gasteiger partial charge in [-0.15, -0.1) is 0 Å². The number of carbonyl (C=O) groups excluding carboxylic acids is 1. The van der Waals surface area contributed by atoms with E-state index < -0.39 is 17.6 Å². The fraction of sp³-hybridized carbons (Fsp3) is 0.833. The molecule has 1 unspecified atom stereocenters. The molecule has 5 heteroatoms. The van der Waals surface area contributed by atoms with Crippen molar-refractivity contribution in [3.05, 3.63) is 0 Å². The van der Waals surface area contributed by atoms with Gasteiger partial charge in [-0.2, -0.15) is 0 Å². The molecule has 1 N–H and O–H groups in total. The van der Waals surface area contributed by atoms with Crippen LogP contribution in [-0.4, -0.2) is 46.7 Å². The maximum absolute atomic E-state index is 12.2. The zero-order valence-corrected chi connectivity index (χ0v) is 10.7. The number of amides is 1. The highest BCUT2D eigenvalue weighted by molar-refractivity contribution is 5.88. The van der Waals surface area contributed by atoms with Crippen molar-refractivity contribution in [3.63, 3.8) is 0 Å². The second-order valence-electron chi connectivity index (χ2n) is 4.80. The number of rotatable bonds is 4. The van der Waals surface area contributed by atoms with Crippen LogP contribution in [0.2, 0.25) is 0 Å². The largest absolute Gasteiger partial charge is 0.480 e. The summed E-state index contributed by atoms with van der Waals surface area (Å²) in [6.07, 6.45) is 2.15. The zero-order valence-electron chi connectivity index (χ0n) is 10.7. The van der Waals surface area contributed by atoms with Crippen LogP contribution in [0, 0.1) is 0 Å². The molecule has 0 bridgehead atoms. The van der Waals surface area contributed by atoms with E-state index in [4.69, 9.17) is 9.84 Å². The first-order valence-electron chi connectivity index (χ1n) is 6.07. The molecule has 1 rings (SSSR count). The Morgan fingerprint density at radius 3 is 2.47 bits per heavy atom. The Hall–Kier alpha value is -1.10. The van der Waals surface area contributed by atoms with E-state index in [1.165, 1.54) is 4.90 Å². The van der Waals surface area contributed by atoms with E-state index in [9.17, 15) is 9.59 Å². The second kappa shape index (κ2) is 5.49. The number of carboxylic acids is 1. The minimum absolute atomic E-state index is 0.209. The van der Waals surface area contributed by atoms with Crippen molar-refractivity contribution in [2.45, 2.75) is 51.7 Å².